The largest absolute Gasteiger partial charge is 0.466 e. The van der Waals surface area contributed by atoms with Gasteiger partial charge in [0.15, 0.2) is 0 Å². The van der Waals surface area contributed by atoms with Gasteiger partial charge in [0.05, 0.1) is 24.6 Å². The first-order chi connectivity index (χ1) is 24.3. The molecule has 52 heavy (non-hydrogen) atoms. The van der Waals surface area contributed by atoms with Crippen molar-refractivity contribution in [3.63, 3.8) is 0 Å². The molecule has 0 radical (unpaired) electrons. The number of nitrogens with zero attached hydrogens (tertiary/aromatic N) is 2. The summed E-state index contributed by atoms with van der Waals surface area (Å²) in [5, 5.41) is 2.62. The van der Waals surface area contributed by atoms with Gasteiger partial charge < -0.3 is 19.5 Å². The molecule has 2 aromatic carbocycles. The molecule has 0 aliphatic heterocycles. The molecule has 1 aliphatic carbocycles. The van der Waals surface area contributed by atoms with Crippen LogP contribution in [0.2, 0.25) is 0 Å². The van der Waals surface area contributed by atoms with Gasteiger partial charge in [-0.3, -0.25) is 14.4 Å². The predicted molar refractivity (Wildman–Crippen MR) is 191 cm³/mol. The highest BCUT2D eigenvalue weighted by atomic mass is 19.4. The van der Waals surface area contributed by atoms with Crippen molar-refractivity contribution in [3.8, 4) is 11.1 Å². The van der Waals surface area contributed by atoms with Crippen molar-refractivity contribution in [2.75, 3.05) is 27.2 Å². The number of carbonyl (C=O) groups excluding carboxylic acids is 2. The Morgan fingerprint density at radius 1 is 1.00 bits per heavy atom. The second kappa shape index (κ2) is 16.7. The van der Waals surface area contributed by atoms with Crippen LogP contribution < -0.4 is 10.9 Å². The van der Waals surface area contributed by atoms with Crippen LogP contribution in [0, 0.1) is 38.3 Å². The standard InChI is InChI=1S/C40H50F5N3O4/c1-9-52-34(50)20-31(36-37(41)25(6)18-29(38(36)42)35-23(4)16-28(17-24(35)5)26-12-13-26)46-39(51)32(15-22(2)3)48-21-27(11-10-14-47(7)8)30(19-33(48)49)40(43,44)45/h16-19,21-22,26,31-32H,9-15,20H2,1-8H3,(H,46,51). The molecule has 1 fully saturated rings. The number of aryl methyl sites for hydroxylation is 4. The van der Waals surface area contributed by atoms with E-state index in [0.717, 1.165) is 40.3 Å². The summed E-state index contributed by atoms with van der Waals surface area (Å²) in [6.07, 6.45) is -1.87. The molecule has 3 aromatic rings. The van der Waals surface area contributed by atoms with Gasteiger partial charge >= 0.3 is 12.1 Å². The van der Waals surface area contributed by atoms with Gasteiger partial charge in [0.1, 0.15) is 17.7 Å². The lowest BCUT2D eigenvalue weighted by atomic mass is 9.88. The summed E-state index contributed by atoms with van der Waals surface area (Å²) in [5.41, 5.74) is 0.670. The summed E-state index contributed by atoms with van der Waals surface area (Å²) < 4.78 is 81.3. The number of esters is 1. The number of hydrogen-bond donors (Lipinski definition) is 1. The van der Waals surface area contributed by atoms with Crippen LogP contribution >= 0.6 is 0 Å². The first-order valence-corrected chi connectivity index (χ1v) is 17.9. The molecule has 2 atom stereocenters. The van der Waals surface area contributed by atoms with Crippen molar-refractivity contribution < 1.29 is 36.3 Å². The minimum atomic E-state index is -4.81. The highest BCUT2D eigenvalue weighted by molar-refractivity contribution is 5.82. The van der Waals surface area contributed by atoms with Crippen molar-refractivity contribution in [2.24, 2.45) is 5.92 Å². The Labute approximate surface area is 302 Å². The summed E-state index contributed by atoms with van der Waals surface area (Å²) in [7, 11) is 3.58. The third kappa shape index (κ3) is 9.67. The third-order valence-electron chi connectivity index (χ3n) is 9.48. The number of carbonyl (C=O) groups is 2. The number of nitrogens with one attached hydrogen (secondary N) is 1. The number of alkyl halides is 3. The van der Waals surface area contributed by atoms with Gasteiger partial charge in [-0.05, 0) is 132 Å². The van der Waals surface area contributed by atoms with Crippen molar-refractivity contribution in [2.45, 2.75) is 104 Å². The maximum atomic E-state index is 16.8. The van der Waals surface area contributed by atoms with Crippen molar-refractivity contribution in [1.29, 1.82) is 0 Å². The molecule has 7 nitrogen and oxygen atoms in total. The average molecular weight is 732 g/mol. The highest BCUT2D eigenvalue weighted by Crippen LogP contribution is 2.44. The molecule has 1 amide bonds. The maximum Gasteiger partial charge on any atom is 0.416 e. The Morgan fingerprint density at radius 2 is 1.63 bits per heavy atom. The van der Waals surface area contributed by atoms with E-state index in [1.165, 1.54) is 13.0 Å². The van der Waals surface area contributed by atoms with E-state index in [-0.39, 0.29) is 42.1 Å². The van der Waals surface area contributed by atoms with Crippen LogP contribution in [-0.2, 0) is 26.9 Å². The molecule has 1 saturated carbocycles. The predicted octanol–water partition coefficient (Wildman–Crippen LogP) is 8.51. The number of halogens is 5. The second-order valence-electron chi connectivity index (χ2n) is 14.7. The summed E-state index contributed by atoms with van der Waals surface area (Å²) >= 11 is 0. The van der Waals surface area contributed by atoms with Crippen LogP contribution in [0.1, 0.15) is 110 Å². The van der Waals surface area contributed by atoms with Gasteiger partial charge in [-0.25, -0.2) is 8.78 Å². The van der Waals surface area contributed by atoms with Crippen LogP contribution in [0.5, 0.6) is 0 Å². The van der Waals surface area contributed by atoms with Crippen LogP contribution in [-0.4, -0.2) is 48.6 Å². The molecule has 284 valence electrons. The molecule has 1 aromatic heterocycles. The fourth-order valence-electron chi connectivity index (χ4n) is 6.92. The smallest absolute Gasteiger partial charge is 0.416 e. The number of amides is 1. The van der Waals surface area contributed by atoms with Gasteiger partial charge in [-0.1, -0.05) is 26.0 Å². The molecule has 1 N–H and O–H groups in total. The molecule has 0 bridgehead atoms. The molecule has 2 unspecified atom stereocenters. The lowest BCUT2D eigenvalue weighted by molar-refractivity contribution is -0.144. The van der Waals surface area contributed by atoms with Gasteiger partial charge in [0.25, 0.3) is 5.56 Å². The number of pyridine rings is 1. The molecule has 0 saturated heterocycles. The molecule has 12 heteroatoms. The fourth-order valence-corrected chi connectivity index (χ4v) is 6.92. The van der Waals surface area contributed by atoms with E-state index in [1.54, 1.807) is 34.9 Å². The van der Waals surface area contributed by atoms with Crippen LogP contribution in [0.15, 0.2) is 35.3 Å². The Morgan fingerprint density at radius 3 is 2.17 bits per heavy atom. The average Bonchev–Trinajstić information content (AvgIpc) is 3.88. The zero-order chi connectivity index (χ0) is 38.7. The third-order valence-corrected chi connectivity index (χ3v) is 9.48. The van der Waals surface area contributed by atoms with E-state index in [4.69, 9.17) is 4.74 Å². The number of ether oxygens (including phenoxy) is 1. The van der Waals surface area contributed by atoms with Crippen molar-refractivity contribution in [3.05, 3.63) is 91.4 Å². The maximum absolute atomic E-state index is 16.8. The van der Waals surface area contributed by atoms with Crippen molar-refractivity contribution in [1.82, 2.24) is 14.8 Å². The summed E-state index contributed by atoms with van der Waals surface area (Å²) in [6, 6.07) is 2.97. The lowest BCUT2D eigenvalue weighted by Crippen LogP contribution is -2.41. The zero-order valence-corrected chi connectivity index (χ0v) is 31.3. The van der Waals surface area contributed by atoms with Crippen molar-refractivity contribution >= 4 is 11.9 Å². The van der Waals surface area contributed by atoms with Crippen LogP contribution in [0.25, 0.3) is 11.1 Å². The lowest BCUT2D eigenvalue weighted by Gasteiger charge is -2.27. The zero-order valence-electron chi connectivity index (χ0n) is 31.3. The van der Waals surface area contributed by atoms with E-state index < -0.39 is 64.9 Å². The summed E-state index contributed by atoms with van der Waals surface area (Å²) in [4.78, 5) is 42.3. The first-order valence-electron chi connectivity index (χ1n) is 17.9. The molecule has 0 spiro atoms. The van der Waals surface area contributed by atoms with Gasteiger partial charge in [-0.15, -0.1) is 0 Å². The SMILES string of the molecule is CCOC(=O)CC(NC(=O)C(CC(C)C)n1cc(CCCN(C)C)c(C(F)(F)F)cc1=O)c1c(F)c(C)cc(-c2c(C)cc(C3CC3)cc2C)c1F. The summed E-state index contributed by atoms with van der Waals surface area (Å²) in [5.74, 6) is -3.40. The number of rotatable bonds is 15. The van der Waals surface area contributed by atoms with E-state index in [1.807, 2.05) is 30.9 Å². The minimum absolute atomic E-state index is 0.0101. The van der Waals surface area contributed by atoms with Gasteiger partial charge in [0, 0.05) is 23.4 Å². The normalized spacial score (nSPS) is 14.5. The van der Waals surface area contributed by atoms with E-state index in [0.29, 0.717) is 30.5 Å². The molecule has 4 rings (SSSR count). The Hall–Kier alpha value is -4.06. The van der Waals surface area contributed by atoms with Gasteiger partial charge in [0.2, 0.25) is 5.91 Å². The second-order valence-corrected chi connectivity index (χ2v) is 14.7. The number of aromatic nitrogens is 1. The fraction of sp³-hybridized carbons (Fsp3) is 0.525. The molecule has 1 aliphatic rings. The number of hydrogen-bond acceptors (Lipinski definition) is 5. The quantitative estimate of drug-likeness (QED) is 0.125. The molecular weight excluding hydrogens is 681 g/mol. The topological polar surface area (TPSA) is 80.6 Å². The minimum Gasteiger partial charge on any atom is -0.466 e. The van der Waals surface area contributed by atoms with Crippen LogP contribution in [0.4, 0.5) is 22.0 Å². The Kier molecular flexibility index (Phi) is 13.1. The number of benzene rings is 2. The van der Waals surface area contributed by atoms with Crippen LogP contribution in [0.3, 0.4) is 0 Å². The van der Waals surface area contributed by atoms with E-state index in [9.17, 15) is 27.6 Å². The first kappa shape index (κ1) is 40.7. The molecule has 1 heterocycles. The summed E-state index contributed by atoms with van der Waals surface area (Å²) in [6.45, 7) is 10.8. The molecular formula is C40H50F5N3O4. The van der Waals surface area contributed by atoms with E-state index in [2.05, 4.69) is 5.32 Å². The Bertz CT molecular complexity index is 1820. The Balaban J connectivity index is 1.84. The highest BCUT2D eigenvalue weighted by Gasteiger charge is 2.37. The monoisotopic (exact) mass is 731 g/mol. The van der Waals surface area contributed by atoms with E-state index >= 15 is 8.78 Å². The van der Waals surface area contributed by atoms with Gasteiger partial charge in [-0.2, -0.15) is 13.2 Å².